The molecule has 0 N–H and O–H groups in total. The van der Waals surface area contributed by atoms with E-state index in [1.165, 1.54) is 10.6 Å². The van der Waals surface area contributed by atoms with Crippen LogP contribution in [0.2, 0.25) is 5.02 Å². The first-order valence-electron chi connectivity index (χ1n) is 9.60. The molecular formula is C21H23ClN4O2S. The molecule has 3 heterocycles. The molecule has 0 bridgehead atoms. The monoisotopic (exact) mass is 430 g/mol. The van der Waals surface area contributed by atoms with Crippen LogP contribution in [0.5, 0.6) is 0 Å². The number of sulfonamides is 1. The fraction of sp³-hybridized carbons (Fsp3) is 0.333. The molecule has 1 fully saturated rings. The first kappa shape index (κ1) is 20.1. The molecule has 0 unspecified atom stereocenters. The van der Waals surface area contributed by atoms with Crippen molar-refractivity contribution >= 4 is 21.6 Å². The minimum atomic E-state index is -3.53. The van der Waals surface area contributed by atoms with E-state index in [1.807, 2.05) is 42.5 Å². The van der Waals surface area contributed by atoms with Gasteiger partial charge in [0.2, 0.25) is 0 Å². The molecule has 6 nitrogen and oxygen atoms in total. The van der Waals surface area contributed by atoms with E-state index in [-0.39, 0.29) is 10.9 Å². The standard InChI is InChI=1S/C21H23ClN4O2S/c1-25-14-21(23-15-25)29(27,28)26-11-9-17(10-12-26)20-4-2-3-19(24-20)13-16-5-7-18(22)8-6-16/h2-8,14-15,17H,9-13H2,1H3. The largest absolute Gasteiger partial charge is 0.339 e. The number of aromatic nitrogens is 3. The number of imidazole rings is 1. The molecule has 4 rings (SSSR count). The number of halogens is 1. The van der Waals surface area contributed by atoms with Crippen LogP contribution in [0.15, 0.2) is 60.0 Å². The molecule has 0 saturated carbocycles. The molecule has 8 heteroatoms. The maximum atomic E-state index is 12.8. The number of aryl methyl sites for hydroxylation is 1. The van der Waals surface area contributed by atoms with E-state index in [9.17, 15) is 8.42 Å². The van der Waals surface area contributed by atoms with Gasteiger partial charge in [0.05, 0.1) is 6.33 Å². The van der Waals surface area contributed by atoms with Gasteiger partial charge in [-0.25, -0.2) is 13.4 Å². The van der Waals surface area contributed by atoms with Crippen LogP contribution in [-0.2, 0) is 23.5 Å². The van der Waals surface area contributed by atoms with Gasteiger partial charge >= 0.3 is 0 Å². The zero-order valence-corrected chi connectivity index (χ0v) is 17.8. The number of pyridine rings is 1. The highest BCUT2D eigenvalue weighted by Crippen LogP contribution is 2.29. The van der Waals surface area contributed by atoms with Gasteiger partial charge in [0, 0.05) is 55.1 Å². The molecule has 1 aromatic carbocycles. The van der Waals surface area contributed by atoms with Gasteiger partial charge in [0.15, 0.2) is 5.03 Å². The minimum absolute atomic E-state index is 0.113. The van der Waals surface area contributed by atoms with Crippen LogP contribution < -0.4 is 0 Å². The lowest BCUT2D eigenvalue weighted by molar-refractivity contribution is 0.316. The van der Waals surface area contributed by atoms with Crippen LogP contribution in [0.3, 0.4) is 0 Å². The lowest BCUT2D eigenvalue weighted by Crippen LogP contribution is -2.38. The Morgan fingerprint density at radius 3 is 2.48 bits per heavy atom. The number of rotatable bonds is 5. The summed E-state index contributed by atoms with van der Waals surface area (Å²) in [5, 5.41) is 0.837. The summed E-state index contributed by atoms with van der Waals surface area (Å²) < 4.78 is 28.7. The summed E-state index contributed by atoms with van der Waals surface area (Å²) in [4.78, 5) is 8.86. The molecule has 152 valence electrons. The second-order valence-electron chi connectivity index (χ2n) is 7.41. The van der Waals surface area contributed by atoms with Gasteiger partial charge in [-0.1, -0.05) is 29.8 Å². The second kappa shape index (κ2) is 8.26. The third kappa shape index (κ3) is 4.52. The molecule has 3 aromatic rings. The van der Waals surface area contributed by atoms with Crippen molar-refractivity contribution in [3.63, 3.8) is 0 Å². The maximum absolute atomic E-state index is 12.8. The van der Waals surface area contributed by atoms with Gasteiger partial charge in [-0.2, -0.15) is 4.31 Å². The summed E-state index contributed by atoms with van der Waals surface area (Å²) >= 11 is 5.96. The van der Waals surface area contributed by atoms with Crippen LogP contribution in [-0.4, -0.2) is 40.3 Å². The lowest BCUT2D eigenvalue weighted by Gasteiger charge is -2.30. The number of benzene rings is 1. The fourth-order valence-electron chi connectivity index (χ4n) is 3.68. The van der Waals surface area contributed by atoms with Crippen LogP contribution in [0.1, 0.15) is 35.7 Å². The van der Waals surface area contributed by atoms with E-state index < -0.39 is 10.0 Å². The summed E-state index contributed by atoms with van der Waals surface area (Å²) in [7, 11) is -1.76. The van der Waals surface area contributed by atoms with E-state index in [2.05, 4.69) is 4.98 Å². The minimum Gasteiger partial charge on any atom is -0.339 e. The van der Waals surface area contributed by atoms with Crippen molar-refractivity contribution < 1.29 is 8.42 Å². The Morgan fingerprint density at radius 2 is 1.83 bits per heavy atom. The van der Waals surface area contributed by atoms with Gasteiger partial charge < -0.3 is 4.57 Å². The quantitative estimate of drug-likeness (QED) is 0.619. The summed E-state index contributed by atoms with van der Waals surface area (Å²) in [6, 6.07) is 13.9. The van der Waals surface area contributed by atoms with Crippen molar-refractivity contribution in [1.29, 1.82) is 0 Å². The highest BCUT2D eigenvalue weighted by Gasteiger charge is 2.31. The van der Waals surface area contributed by atoms with Crippen LogP contribution in [0.25, 0.3) is 0 Å². The molecule has 1 aliphatic rings. The van der Waals surface area contributed by atoms with E-state index >= 15 is 0 Å². The summed E-state index contributed by atoms with van der Waals surface area (Å²) in [6.45, 7) is 0.958. The highest BCUT2D eigenvalue weighted by atomic mass is 35.5. The lowest BCUT2D eigenvalue weighted by atomic mass is 9.94. The first-order valence-corrected chi connectivity index (χ1v) is 11.4. The number of nitrogens with zero attached hydrogens (tertiary/aromatic N) is 4. The fourth-order valence-corrected chi connectivity index (χ4v) is 5.24. The Morgan fingerprint density at radius 1 is 1.10 bits per heavy atom. The molecule has 2 aromatic heterocycles. The third-order valence-electron chi connectivity index (χ3n) is 5.28. The number of hydrogen-bond acceptors (Lipinski definition) is 4. The van der Waals surface area contributed by atoms with E-state index in [0.717, 1.165) is 41.2 Å². The van der Waals surface area contributed by atoms with E-state index in [4.69, 9.17) is 16.6 Å². The van der Waals surface area contributed by atoms with Crippen molar-refractivity contribution in [2.75, 3.05) is 13.1 Å². The third-order valence-corrected chi connectivity index (χ3v) is 7.32. The molecule has 0 amide bonds. The Kier molecular flexibility index (Phi) is 5.72. The number of piperidine rings is 1. The molecule has 0 spiro atoms. The predicted molar refractivity (Wildman–Crippen MR) is 112 cm³/mol. The predicted octanol–water partition coefficient (Wildman–Crippen LogP) is 3.63. The van der Waals surface area contributed by atoms with Crippen molar-refractivity contribution in [2.24, 2.45) is 7.05 Å². The SMILES string of the molecule is Cn1cnc(S(=O)(=O)N2CCC(c3cccc(Cc4ccc(Cl)cc4)n3)CC2)c1. The second-order valence-corrected chi connectivity index (χ2v) is 9.73. The normalized spacial score (nSPS) is 16.2. The van der Waals surface area contributed by atoms with Gasteiger partial charge in [0.25, 0.3) is 10.0 Å². The van der Waals surface area contributed by atoms with Gasteiger partial charge in [-0.3, -0.25) is 4.98 Å². The molecule has 29 heavy (non-hydrogen) atoms. The maximum Gasteiger partial charge on any atom is 0.262 e. The van der Waals surface area contributed by atoms with Gasteiger partial charge in [-0.05, 0) is 42.7 Å². The summed E-state index contributed by atoms with van der Waals surface area (Å²) in [5.74, 6) is 0.260. The van der Waals surface area contributed by atoms with Crippen molar-refractivity contribution in [3.8, 4) is 0 Å². The highest BCUT2D eigenvalue weighted by molar-refractivity contribution is 7.89. The first-order chi connectivity index (χ1) is 13.9. The number of hydrogen-bond donors (Lipinski definition) is 0. The van der Waals surface area contributed by atoms with Crippen molar-refractivity contribution in [3.05, 3.63) is 77.0 Å². The van der Waals surface area contributed by atoms with Crippen LogP contribution in [0, 0.1) is 0 Å². The van der Waals surface area contributed by atoms with Crippen molar-refractivity contribution in [1.82, 2.24) is 18.8 Å². The Bertz CT molecular complexity index is 1090. The zero-order chi connectivity index (χ0) is 20.4. The molecular weight excluding hydrogens is 408 g/mol. The molecule has 0 aliphatic carbocycles. The average Bonchev–Trinajstić information content (AvgIpc) is 3.17. The Balaban J connectivity index is 1.43. The van der Waals surface area contributed by atoms with Gasteiger partial charge in [0.1, 0.15) is 0 Å². The van der Waals surface area contributed by atoms with E-state index in [1.54, 1.807) is 17.8 Å². The molecule has 0 radical (unpaired) electrons. The average molecular weight is 431 g/mol. The zero-order valence-electron chi connectivity index (χ0n) is 16.2. The van der Waals surface area contributed by atoms with Crippen LogP contribution in [0.4, 0.5) is 0 Å². The molecule has 1 saturated heterocycles. The van der Waals surface area contributed by atoms with Gasteiger partial charge in [-0.15, -0.1) is 0 Å². The Hall–Kier alpha value is -2.22. The smallest absolute Gasteiger partial charge is 0.262 e. The Labute approximate surface area is 176 Å². The van der Waals surface area contributed by atoms with Crippen LogP contribution >= 0.6 is 11.6 Å². The molecule has 1 aliphatic heterocycles. The van der Waals surface area contributed by atoms with Crippen molar-refractivity contribution in [2.45, 2.75) is 30.2 Å². The summed E-state index contributed by atoms with van der Waals surface area (Å²) in [5.41, 5.74) is 3.20. The summed E-state index contributed by atoms with van der Waals surface area (Å²) in [6.07, 6.45) is 5.31. The molecule has 0 atom stereocenters. The topological polar surface area (TPSA) is 68.1 Å². The van der Waals surface area contributed by atoms with E-state index in [0.29, 0.717) is 13.1 Å².